The molecule has 14 nitrogen and oxygen atoms in total. The van der Waals surface area contributed by atoms with Crippen LogP contribution in [0.5, 0.6) is 0 Å². The lowest BCUT2D eigenvalue weighted by molar-refractivity contribution is -0.671. The summed E-state index contributed by atoms with van der Waals surface area (Å²) in [6.45, 7) is 6.49. The Hall–Kier alpha value is -2.70. The minimum absolute atomic E-state index is 0.778. The largest absolute Gasteiger partial charge is 0.480 e. The van der Waals surface area contributed by atoms with E-state index in [-0.39, 0.29) is 0 Å². The van der Waals surface area contributed by atoms with E-state index >= 15 is 0 Å². The van der Waals surface area contributed by atoms with E-state index in [9.17, 15) is 86.4 Å². The maximum atomic E-state index is 11.4. The van der Waals surface area contributed by atoms with Gasteiger partial charge in [0.2, 0.25) is 12.7 Å². The van der Waals surface area contributed by atoms with Gasteiger partial charge in [-0.15, -0.1) is 0 Å². The molecule has 0 atom stereocenters. The van der Waals surface area contributed by atoms with Crippen LogP contribution in [0.4, 0.5) is 52.7 Å². The topological polar surface area (TPSA) is 182 Å². The lowest BCUT2D eigenvalue weighted by atomic mass is 10.5. The third-order valence-corrected chi connectivity index (χ3v) is 9.54. The summed E-state index contributed by atoms with van der Waals surface area (Å²) in [5.74, 6) is 0. The third kappa shape index (κ3) is 15.8. The van der Waals surface area contributed by atoms with Crippen LogP contribution in [0.25, 0.3) is 8.25 Å². The molecule has 47 heavy (non-hydrogen) atoms. The highest BCUT2D eigenvalue weighted by atomic mass is 32.3. The molecule has 0 aliphatic rings. The second kappa shape index (κ2) is 16.6. The molecule has 0 saturated heterocycles. The number of aryl methyl sites for hydroxylation is 4. The van der Waals surface area contributed by atoms with Crippen LogP contribution >= 0.6 is 0 Å². The molecule has 0 spiro atoms. The van der Waals surface area contributed by atoms with Crippen molar-refractivity contribution in [3.63, 3.8) is 0 Å². The number of aromatic nitrogens is 4. The molecule has 0 aliphatic carbocycles. The summed E-state index contributed by atoms with van der Waals surface area (Å²) < 4.78 is 227. The van der Waals surface area contributed by atoms with Crippen LogP contribution in [0, 0.1) is 0 Å². The first-order valence-electron chi connectivity index (χ1n) is 11.3. The monoisotopic (exact) mass is 796 g/mol. The molecule has 0 saturated carbocycles. The average Bonchev–Trinajstić information content (AvgIpc) is 3.43. The standard InChI is InChI=1S/C7H13N2.C6H11N2.2C2F6NO4S2/c1-3-4-9-6-5-8(2)7-9;1-3-8-5-4-7(2)6-8;2*3-1(4,5)14(10,11)9-15(12,13)2(6,7)8/h5-7H,3-4H2,1-2H3;4-6H,3H2,1-2H3;;/q2*+1;2*-1. The van der Waals surface area contributed by atoms with E-state index in [0.717, 1.165) is 21.3 Å². The van der Waals surface area contributed by atoms with Crippen molar-refractivity contribution in [3.05, 3.63) is 45.7 Å². The molecule has 2 aromatic rings. The highest BCUT2D eigenvalue weighted by Crippen LogP contribution is 2.37. The zero-order valence-electron chi connectivity index (χ0n) is 23.7. The van der Waals surface area contributed by atoms with Gasteiger partial charge < -0.3 is 8.25 Å². The van der Waals surface area contributed by atoms with E-state index in [1.54, 1.807) is 0 Å². The molecule has 0 unspecified atom stereocenters. The van der Waals surface area contributed by atoms with Crippen LogP contribution in [0.3, 0.4) is 0 Å². The maximum absolute atomic E-state index is 11.4. The molecular formula is C17H24F12N6O8S4. The van der Waals surface area contributed by atoms with Crippen LogP contribution < -0.4 is 9.13 Å². The highest BCUT2D eigenvalue weighted by molar-refractivity contribution is 8.13. The summed E-state index contributed by atoms with van der Waals surface area (Å²) in [6.07, 6.45) is 13.6. The molecule has 0 aliphatic heterocycles. The predicted octanol–water partition coefficient (Wildman–Crippen LogP) is 3.17. The quantitative estimate of drug-likeness (QED) is 0.303. The Morgan fingerprint density at radius 2 is 0.787 bits per heavy atom. The molecule has 0 radical (unpaired) electrons. The van der Waals surface area contributed by atoms with Crippen LogP contribution in [0.1, 0.15) is 20.3 Å². The molecule has 2 rings (SSSR count). The number of nitrogens with zero attached hydrogens (tertiary/aromatic N) is 6. The van der Waals surface area contributed by atoms with E-state index in [1.807, 2.05) is 24.9 Å². The molecule has 2 heterocycles. The number of imidazole rings is 2. The Kier molecular flexibility index (Phi) is 16.4. The molecule has 278 valence electrons. The summed E-state index contributed by atoms with van der Waals surface area (Å²) in [5, 5.41) is 0. The first kappa shape index (κ1) is 46.4. The van der Waals surface area contributed by atoms with Gasteiger partial charge in [0.25, 0.3) is 0 Å². The Morgan fingerprint density at radius 1 is 0.532 bits per heavy atom. The first-order valence-corrected chi connectivity index (χ1v) is 17.1. The molecule has 0 fully saturated rings. The number of alkyl halides is 12. The van der Waals surface area contributed by atoms with Gasteiger partial charge in [-0.25, -0.2) is 51.9 Å². The van der Waals surface area contributed by atoms with E-state index in [2.05, 4.69) is 58.8 Å². The molecule has 0 amide bonds. The number of hydrogen-bond acceptors (Lipinski definition) is 8. The molecule has 30 heteroatoms. The summed E-state index contributed by atoms with van der Waals surface area (Å²) in [7, 11) is -22.8. The fourth-order valence-corrected chi connectivity index (χ4v) is 5.43. The van der Waals surface area contributed by atoms with Crippen LogP contribution in [0.15, 0.2) is 37.4 Å². The fourth-order valence-electron chi connectivity index (χ4n) is 2.01. The highest BCUT2D eigenvalue weighted by Gasteiger charge is 2.48. The van der Waals surface area contributed by atoms with Crippen LogP contribution in [-0.4, -0.2) is 64.8 Å². The maximum Gasteiger partial charge on any atom is 0.480 e. The lowest BCUT2D eigenvalue weighted by Gasteiger charge is -2.22. The number of hydrogen-bond donors (Lipinski definition) is 0. The van der Waals surface area contributed by atoms with Gasteiger partial charge in [-0.2, -0.15) is 52.7 Å². The van der Waals surface area contributed by atoms with Crippen molar-refractivity contribution >= 4 is 40.1 Å². The normalized spacial score (nSPS) is 13.4. The second-order valence-corrected chi connectivity index (χ2v) is 14.9. The van der Waals surface area contributed by atoms with Gasteiger partial charge in [0.1, 0.15) is 24.8 Å². The van der Waals surface area contributed by atoms with Gasteiger partial charge in [-0.05, 0) is 13.3 Å². The van der Waals surface area contributed by atoms with E-state index in [1.165, 1.54) is 6.42 Å². The Morgan fingerprint density at radius 3 is 0.936 bits per heavy atom. The molecular weight excluding hydrogens is 772 g/mol. The summed E-state index contributed by atoms with van der Waals surface area (Å²) >= 11 is 0. The van der Waals surface area contributed by atoms with Gasteiger partial charge in [-0.3, -0.25) is 0 Å². The minimum atomic E-state index is -6.72. The Labute approximate surface area is 259 Å². The van der Waals surface area contributed by atoms with Crippen LogP contribution in [0.2, 0.25) is 0 Å². The van der Waals surface area contributed by atoms with Gasteiger partial charge in [0.05, 0.1) is 27.2 Å². The van der Waals surface area contributed by atoms with Crippen molar-refractivity contribution in [2.45, 2.75) is 55.4 Å². The predicted molar refractivity (Wildman–Crippen MR) is 134 cm³/mol. The Bertz CT molecular complexity index is 1540. The Balaban J connectivity index is 0. The lowest BCUT2D eigenvalue weighted by Crippen LogP contribution is -2.30. The van der Waals surface area contributed by atoms with Gasteiger partial charge in [-0.1, -0.05) is 6.92 Å². The molecule has 0 N–H and O–H groups in total. The van der Waals surface area contributed by atoms with Gasteiger partial charge in [0, 0.05) is 0 Å². The van der Waals surface area contributed by atoms with E-state index in [0.29, 0.717) is 0 Å². The summed E-state index contributed by atoms with van der Waals surface area (Å²) in [4.78, 5) is 0. The minimum Gasteiger partial charge on any atom is -0.421 e. The third-order valence-electron chi connectivity index (χ3n) is 4.06. The second-order valence-electron chi connectivity index (χ2n) is 8.06. The SMILES string of the molecule is CCCn1cc[n+](C)c1.CCn1cc[n+](C)c1.O=S(=O)([N-]S(=O)(=O)C(F)(F)F)C(F)(F)F.O=S(=O)([N-]S(=O)(=O)C(F)(F)F)C(F)(F)F. The van der Waals surface area contributed by atoms with Crippen molar-refractivity contribution in [3.8, 4) is 0 Å². The van der Waals surface area contributed by atoms with Crippen LogP contribution in [-0.2, 0) is 67.3 Å². The fraction of sp³-hybridized carbons (Fsp3) is 0.647. The van der Waals surface area contributed by atoms with E-state index < -0.39 is 62.1 Å². The zero-order valence-corrected chi connectivity index (χ0v) is 27.0. The number of sulfonamides is 4. The molecule has 2 aromatic heterocycles. The number of rotatable bonds is 7. The smallest absolute Gasteiger partial charge is 0.421 e. The molecule has 0 bridgehead atoms. The average molecular weight is 797 g/mol. The van der Waals surface area contributed by atoms with Crippen molar-refractivity contribution < 1.29 is 95.5 Å². The first-order chi connectivity index (χ1) is 20.6. The van der Waals surface area contributed by atoms with Crippen molar-refractivity contribution in [1.29, 1.82) is 0 Å². The van der Waals surface area contributed by atoms with Gasteiger partial charge in [0.15, 0.2) is 40.1 Å². The zero-order chi connectivity index (χ0) is 38.1. The van der Waals surface area contributed by atoms with Crippen molar-refractivity contribution in [1.82, 2.24) is 9.13 Å². The summed E-state index contributed by atoms with van der Waals surface area (Å²) in [6, 6.07) is 0. The number of halogens is 12. The van der Waals surface area contributed by atoms with Crippen molar-refractivity contribution in [2.75, 3.05) is 0 Å². The van der Waals surface area contributed by atoms with E-state index in [4.69, 9.17) is 0 Å². The van der Waals surface area contributed by atoms with Gasteiger partial charge >= 0.3 is 22.0 Å². The summed E-state index contributed by atoms with van der Waals surface area (Å²) in [5.41, 5.74) is -24.8. The van der Waals surface area contributed by atoms with Crippen molar-refractivity contribution in [2.24, 2.45) is 14.1 Å². The molecule has 0 aromatic carbocycles.